The fourth-order valence-corrected chi connectivity index (χ4v) is 7.15. The number of nitrogens with one attached hydrogen (secondary N) is 1. The number of carboxylic acids is 1. The number of hydrogen-bond acceptors (Lipinski definition) is 5. The largest absolute Gasteiger partial charge is 0.480 e. The molecule has 2 atom stereocenters. The van der Waals surface area contributed by atoms with E-state index in [4.69, 9.17) is 10.5 Å². The van der Waals surface area contributed by atoms with Crippen molar-refractivity contribution in [2.24, 2.45) is 5.73 Å². The molecule has 0 aromatic heterocycles. The molecule has 0 fully saturated rings. The highest BCUT2D eigenvalue weighted by Crippen LogP contribution is 2.18. The molecule has 1 amide bonds. The number of amides is 1. The Hall–Kier alpha value is -3.45. The van der Waals surface area contributed by atoms with E-state index in [1.54, 1.807) is 0 Å². The van der Waals surface area contributed by atoms with Crippen LogP contribution in [0.3, 0.4) is 0 Å². The molecule has 0 saturated carbocycles. The first kappa shape index (κ1) is 58.6. The number of carbonyl (C=O) groups excluding carboxylic acids is 2. The Morgan fingerprint density at radius 2 is 0.887 bits per heavy atom. The van der Waals surface area contributed by atoms with Gasteiger partial charge in [-0.05, 0) is 135 Å². The summed E-state index contributed by atoms with van der Waals surface area (Å²) in [5.74, 6) is -1.29. The van der Waals surface area contributed by atoms with Crippen LogP contribution in [0.4, 0.5) is 0 Å². The van der Waals surface area contributed by atoms with Gasteiger partial charge in [0.25, 0.3) is 0 Å². The quantitative estimate of drug-likeness (QED) is 0.0319. The van der Waals surface area contributed by atoms with Crippen molar-refractivity contribution in [1.82, 2.24) is 5.32 Å². The summed E-state index contributed by atoms with van der Waals surface area (Å²) in [5, 5.41) is 12.0. The maximum absolute atomic E-state index is 12.9. The topological polar surface area (TPSA) is 119 Å². The Morgan fingerprint density at radius 1 is 0.484 bits per heavy atom. The fourth-order valence-electron chi connectivity index (χ4n) is 7.15. The molecule has 0 bridgehead atoms. The third kappa shape index (κ3) is 44.6. The molecule has 0 aromatic rings. The highest BCUT2D eigenvalue weighted by Gasteiger charge is 2.19. The predicted octanol–water partition coefficient (Wildman–Crippen LogP) is 15.2. The number of carbonyl (C=O) groups is 3. The van der Waals surface area contributed by atoms with Gasteiger partial charge in [0.05, 0.1) is 0 Å². The number of ether oxygens (including phenoxy) is 1. The number of carboxylic acid groups (broad SMARTS) is 1. The molecule has 7 nitrogen and oxygen atoms in total. The summed E-state index contributed by atoms with van der Waals surface area (Å²) in [4.78, 5) is 36.6. The molecule has 0 aliphatic rings. The van der Waals surface area contributed by atoms with E-state index in [-0.39, 0.29) is 18.0 Å². The van der Waals surface area contributed by atoms with Crippen molar-refractivity contribution in [2.45, 2.75) is 238 Å². The molecule has 354 valence electrons. The van der Waals surface area contributed by atoms with E-state index >= 15 is 0 Å². The molecule has 0 aliphatic carbocycles. The van der Waals surface area contributed by atoms with E-state index in [0.29, 0.717) is 32.2 Å². The number of esters is 1. The Kier molecular flexibility index (Phi) is 45.9. The molecule has 0 saturated heterocycles. The lowest BCUT2D eigenvalue weighted by Crippen LogP contribution is -2.40. The molecular weight excluding hydrogens is 769 g/mol. The summed E-state index contributed by atoms with van der Waals surface area (Å²) < 4.78 is 6.05. The van der Waals surface area contributed by atoms with Crippen LogP contribution in [0.5, 0.6) is 0 Å². The average Bonchev–Trinajstić information content (AvgIpc) is 3.26. The summed E-state index contributed by atoms with van der Waals surface area (Å²) in [6.07, 6.45) is 64.9. The van der Waals surface area contributed by atoms with Crippen molar-refractivity contribution in [3.8, 4) is 0 Å². The molecule has 62 heavy (non-hydrogen) atoms. The predicted molar refractivity (Wildman–Crippen MR) is 266 cm³/mol. The lowest BCUT2D eigenvalue weighted by Gasteiger charge is -2.18. The molecule has 2 unspecified atom stereocenters. The van der Waals surface area contributed by atoms with Gasteiger partial charge < -0.3 is 20.9 Å². The Balaban J connectivity index is 4.44. The van der Waals surface area contributed by atoms with Crippen molar-refractivity contribution in [1.29, 1.82) is 0 Å². The molecule has 4 N–H and O–H groups in total. The van der Waals surface area contributed by atoms with E-state index in [2.05, 4.69) is 104 Å². The zero-order chi connectivity index (χ0) is 45.2. The van der Waals surface area contributed by atoms with Gasteiger partial charge >= 0.3 is 11.9 Å². The van der Waals surface area contributed by atoms with Crippen molar-refractivity contribution >= 4 is 17.8 Å². The van der Waals surface area contributed by atoms with Crippen molar-refractivity contribution in [3.05, 3.63) is 85.1 Å². The van der Waals surface area contributed by atoms with Crippen molar-refractivity contribution in [2.75, 3.05) is 6.54 Å². The fraction of sp³-hybridized carbons (Fsp3) is 0.691. The van der Waals surface area contributed by atoms with Gasteiger partial charge in [-0.2, -0.15) is 0 Å². The maximum atomic E-state index is 12.9. The highest BCUT2D eigenvalue weighted by atomic mass is 16.5. The third-order valence-corrected chi connectivity index (χ3v) is 10.9. The van der Waals surface area contributed by atoms with Gasteiger partial charge in [-0.15, -0.1) is 0 Å². The van der Waals surface area contributed by atoms with Crippen LogP contribution in [0.25, 0.3) is 0 Å². The zero-order valence-electron chi connectivity index (χ0n) is 39.9. The summed E-state index contributed by atoms with van der Waals surface area (Å²) in [6, 6.07) is -0.866. The number of allylic oxidation sites excluding steroid dienone is 14. The van der Waals surface area contributed by atoms with Crippen LogP contribution in [0.2, 0.25) is 0 Å². The van der Waals surface area contributed by atoms with Crippen LogP contribution in [0.15, 0.2) is 85.1 Å². The summed E-state index contributed by atoms with van der Waals surface area (Å²) in [6.45, 7) is 4.83. The maximum Gasteiger partial charge on any atom is 0.326 e. The van der Waals surface area contributed by atoms with Gasteiger partial charge in [0.2, 0.25) is 5.91 Å². The third-order valence-electron chi connectivity index (χ3n) is 10.9. The average molecular weight is 863 g/mol. The van der Waals surface area contributed by atoms with E-state index in [1.807, 2.05) is 0 Å². The Bertz CT molecular complexity index is 1250. The van der Waals surface area contributed by atoms with E-state index in [0.717, 1.165) is 122 Å². The van der Waals surface area contributed by atoms with Crippen LogP contribution in [0.1, 0.15) is 226 Å². The van der Waals surface area contributed by atoms with Crippen LogP contribution in [-0.4, -0.2) is 41.6 Å². The molecule has 0 aliphatic heterocycles. The van der Waals surface area contributed by atoms with E-state index in [1.165, 1.54) is 64.2 Å². The lowest BCUT2D eigenvalue weighted by atomic mass is 10.0. The van der Waals surface area contributed by atoms with Crippen LogP contribution in [0, 0.1) is 0 Å². The van der Waals surface area contributed by atoms with Crippen LogP contribution >= 0.6 is 0 Å². The molecule has 0 rings (SSSR count). The minimum absolute atomic E-state index is 0.0318. The van der Waals surface area contributed by atoms with Crippen LogP contribution < -0.4 is 11.1 Å². The Labute approximate surface area is 381 Å². The van der Waals surface area contributed by atoms with Crippen molar-refractivity contribution in [3.63, 3.8) is 0 Å². The van der Waals surface area contributed by atoms with Crippen LogP contribution in [-0.2, 0) is 19.1 Å². The van der Waals surface area contributed by atoms with E-state index in [9.17, 15) is 19.5 Å². The van der Waals surface area contributed by atoms with Gasteiger partial charge in [-0.3, -0.25) is 9.59 Å². The lowest BCUT2D eigenvalue weighted by molar-refractivity contribution is -0.150. The monoisotopic (exact) mass is 863 g/mol. The Morgan fingerprint density at radius 3 is 1.39 bits per heavy atom. The number of unbranched alkanes of at least 4 members (excludes halogenated alkanes) is 17. The summed E-state index contributed by atoms with van der Waals surface area (Å²) in [5.41, 5.74) is 5.50. The molecule has 0 radical (unpaired) electrons. The molecule has 7 heteroatoms. The standard InChI is InChI=1S/C55H94N2O5/c1-3-5-7-9-11-13-15-17-19-20-21-22-23-24-26-28-30-32-34-39-43-49-54(59)62-51(45-40-36-33-31-29-27-25-18-16-14-12-10-8-6-4-2)46-41-37-35-38-42-48-53(58)57-52(55(60)61)47-44-50-56/h5,7,11,13,17,19,21-22,24,26-27,29-30,32,51-52H,3-4,6,8-10,12,14-16,18,20,23,25,28,31,33-50,56H2,1-2H3,(H,57,58)(H,60,61)/b7-5-,13-11-,19-17-,22-21-,26-24-,29-27-,32-30-. The van der Waals surface area contributed by atoms with Gasteiger partial charge in [0.15, 0.2) is 0 Å². The second kappa shape index (κ2) is 48.6. The normalized spacial score (nSPS) is 13.3. The first-order valence-electron chi connectivity index (χ1n) is 25.4. The molecule has 0 spiro atoms. The second-order valence-corrected chi connectivity index (χ2v) is 16.8. The number of rotatable bonds is 45. The molecular formula is C55H94N2O5. The van der Waals surface area contributed by atoms with Gasteiger partial charge in [-0.25, -0.2) is 4.79 Å². The van der Waals surface area contributed by atoms with Crippen molar-refractivity contribution < 1.29 is 24.2 Å². The highest BCUT2D eigenvalue weighted by molar-refractivity contribution is 5.83. The number of nitrogens with two attached hydrogens (primary N) is 1. The zero-order valence-corrected chi connectivity index (χ0v) is 39.9. The van der Waals surface area contributed by atoms with Gasteiger partial charge in [0.1, 0.15) is 12.1 Å². The number of aliphatic carboxylic acids is 1. The number of hydrogen-bond donors (Lipinski definition) is 3. The smallest absolute Gasteiger partial charge is 0.326 e. The SMILES string of the molecule is CC/C=C\C/C=C\C/C=C\C/C=C\C/C=C\C/C=C\CCCCC(=O)OC(CCCCC/C=C\CCCCCCCCCC)CCCCCCCC(=O)NC(CCCN)C(=O)O. The van der Waals surface area contributed by atoms with Gasteiger partial charge in [0, 0.05) is 12.8 Å². The summed E-state index contributed by atoms with van der Waals surface area (Å²) in [7, 11) is 0. The summed E-state index contributed by atoms with van der Waals surface area (Å²) >= 11 is 0. The molecule has 0 aromatic carbocycles. The first-order valence-corrected chi connectivity index (χ1v) is 25.4. The minimum Gasteiger partial charge on any atom is -0.480 e. The van der Waals surface area contributed by atoms with E-state index < -0.39 is 12.0 Å². The first-order chi connectivity index (χ1) is 30.4. The second-order valence-electron chi connectivity index (χ2n) is 16.8. The minimum atomic E-state index is -1.01. The van der Waals surface area contributed by atoms with Gasteiger partial charge in [-0.1, -0.05) is 170 Å². The molecule has 0 heterocycles.